The van der Waals surface area contributed by atoms with Crippen LogP contribution < -0.4 is 16.8 Å². The van der Waals surface area contributed by atoms with Gasteiger partial charge in [-0.3, -0.25) is 19.6 Å². The number of hydrogen-bond donors (Lipinski definition) is 2. The molecular formula is C13H18N4O2S. The molecule has 0 aliphatic rings. The van der Waals surface area contributed by atoms with E-state index in [1.54, 1.807) is 22.2 Å². The Morgan fingerprint density at radius 2 is 2.20 bits per heavy atom. The Kier molecular flexibility index (Phi) is 4.51. The second kappa shape index (κ2) is 6.15. The highest BCUT2D eigenvalue weighted by Crippen LogP contribution is 2.25. The van der Waals surface area contributed by atoms with E-state index in [9.17, 15) is 9.59 Å². The fourth-order valence-electron chi connectivity index (χ4n) is 2.07. The van der Waals surface area contributed by atoms with Gasteiger partial charge >= 0.3 is 0 Å². The van der Waals surface area contributed by atoms with Crippen molar-refractivity contribution >= 4 is 27.5 Å². The molecule has 0 fully saturated rings. The molecule has 2 aromatic rings. The first-order valence-corrected chi connectivity index (χ1v) is 7.31. The molecule has 0 bridgehead atoms. The Hall–Kier alpha value is -1.73. The van der Waals surface area contributed by atoms with Crippen LogP contribution in [0.4, 0.5) is 0 Å². The lowest BCUT2D eigenvalue weighted by Crippen LogP contribution is -2.29. The first kappa shape index (κ1) is 14.7. The van der Waals surface area contributed by atoms with E-state index in [-0.39, 0.29) is 11.5 Å². The van der Waals surface area contributed by atoms with Crippen LogP contribution in [-0.4, -0.2) is 15.5 Å². The Morgan fingerprint density at radius 3 is 2.90 bits per heavy atom. The number of aromatic nitrogens is 2. The molecular weight excluding hydrogens is 276 g/mol. The standard InChI is InChI=1S/C13H18N4O2S/c1-8-9(2)20-12-11(8)13(19)17(7-15-12)6-4-3-5-10(18)16-14/h7H,3-6,14H2,1-2H3,(H,16,18). The van der Waals surface area contributed by atoms with Gasteiger partial charge in [-0.2, -0.15) is 0 Å². The average molecular weight is 294 g/mol. The topological polar surface area (TPSA) is 90.0 Å². The van der Waals surface area contributed by atoms with Crippen molar-refractivity contribution in [1.82, 2.24) is 15.0 Å². The minimum Gasteiger partial charge on any atom is -0.299 e. The highest BCUT2D eigenvalue weighted by molar-refractivity contribution is 7.18. The summed E-state index contributed by atoms with van der Waals surface area (Å²) in [6.45, 7) is 4.51. The fourth-order valence-corrected chi connectivity index (χ4v) is 3.06. The van der Waals surface area contributed by atoms with Gasteiger partial charge in [0.1, 0.15) is 4.83 Å². The summed E-state index contributed by atoms with van der Waals surface area (Å²) in [7, 11) is 0. The van der Waals surface area contributed by atoms with Crippen LogP contribution in [0.5, 0.6) is 0 Å². The predicted octanol–water partition coefficient (Wildman–Crippen LogP) is 1.24. The number of amides is 1. The zero-order valence-corrected chi connectivity index (χ0v) is 12.4. The second-order valence-electron chi connectivity index (χ2n) is 4.73. The number of unbranched alkanes of at least 4 members (excludes halogenated alkanes) is 1. The van der Waals surface area contributed by atoms with Gasteiger partial charge in [0.15, 0.2) is 0 Å². The molecule has 0 atom stereocenters. The molecule has 0 aliphatic carbocycles. The minimum atomic E-state index is -0.185. The van der Waals surface area contributed by atoms with Gasteiger partial charge < -0.3 is 0 Å². The maximum absolute atomic E-state index is 12.4. The third kappa shape index (κ3) is 2.88. The van der Waals surface area contributed by atoms with Crippen molar-refractivity contribution < 1.29 is 4.79 Å². The van der Waals surface area contributed by atoms with Crippen molar-refractivity contribution in [2.75, 3.05) is 0 Å². The SMILES string of the molecule is Cc1sc2ncn(CCCCC(=O)NN)c(=O)c2c1C. The maximum atomic E-state index is 12.4. The Balaban J connectivity index is 2.11. The lowest BCUT2D eigenvalue weighted by atomic mass is 10.2. The molecule has 1 amide bonds. The van der Waals surface area contributed by atoms with Gasteiger partial charge in [-0.1, -0.05) is 0 Å². The van der Waals surface area contributed by atoms with Crippen LogP contribution in [0.2, 0.25) is 0 Å². The Labute approximate surface area is 120 Å². The second-order valence-corrected chi connectivity index (χ2v) is 5.93. The number of carbonyl (C=O) groups excluding carboxylic acids is 1. The normalized spacial score (nSPS) is 10.9. The summed E-state index contributed by atoms with van der Waals surface area (Å²) in [5.74, 6) is 4.82. The zero-order chi connectivity index (χ0) is 14.7. The van der Waals surface area contributed by atoms with Crippen molar-refractivity contribution in [3.63, 3.8) is 0 Å². The number of nitrogens with zero attached hydrogens (tertiary/aromatic N) is 2. The molecule has 108 valence electrons. The van der Waals surface area contributed by atoms with Crippen LogP contribution in [0.1, 0.15) is 29.7 Å². The molecule has 0 saturated carbocycles. The van der Waals surface area contributed by atoms with E-state index in [2.05, 4.69) is 10.4 Å². The number of rotatable bonds is 5. The van der Waals surface area contributed by atoms with Crippen molar-refractivity contribution in [2.24, 2.45) is 5.84 Å². The van der Waals surface area contributed by atoms with E-state index < -0.39 is 0 Å². The lowest BCUT2D eigenvalue weighted by Gasteiger charge is -2.05. The van der Waals surface area contributed by atoms with Crippen molar-refractivity contribution in [3.8, 4) is 0 Å². The predicted molar refractivity (Wildman–Crippen MR) is 79.5 cm³/mol. The van der Waals surface area contributed by atoms with E-state index >= 15 is 0 Å². The highest BCUT2D eigenvalue weighted by Gasteiger charge is 2.11. The van der Waals surface area contributed by atoms with E-state index in [1.165, 1.54) is 0 Å². The van der Waals surface area contributed by atoms with E-state index in [1.807, 2.05) is 13.8 Å². The number of carbonyl (C=O) groups is 1. The highest BCUT2D eigenvalue weighted by atomic mass is 32.1. The molecule has 0 spiro atoms. The minimum absolute atomic E-state index is 0.000117. The van der Waals surface area contributed by atoms with Gasteiger partial charge in [0.05, 0.1) is 11.7 Å². The lowest BCUT2D eigenvalue weighted by molar-refractivity contribution is -0.121. The molecule has 3 N–H and O–H groups in total. The van der Waals surface area contributed by atoms with Crippen molar-refractivity contribution in [2.45, 2.75) is 39.7 Å². The number of aryl methyl sites for hydroxylation is 3. The van der Waals surface area contributed by atoms with Crippen molar-refractivity contribution in [1.29, 1.82) is 0 Å². The van der Waals surface area contributed by atoms with Gasteiger partial charge in [0.2, 0.25) is 5.91 Å². The molecule has 0 aromatic carbocycles. The molecule has 20 heavy (non-hydrogen) atoms. The number of fused-ring (bicyclic) bond motifs is 1. The van der Waals surface area contributed by atoms with E-state index in [0.29, 0.717) is 19.4 Å². The van der Waals surface area contributed by atoms with Gasteiger partial charge in [-0.05, 0) is 32.3 Å². The van der Waals surface area contributed by atoms with Crippen LogP contribution in [0, 0.1) is 13.8 Å². The van der Waals surface area contributed by atoms with Crippen LogP contribution in [0.25, 0.3) is 10.2 Å². The third-order valence-electron chi connectivity index (χ3n) is 3.37. The average Bonchev–Trinajstić information content (AvgIpc) is 2.72. The van der Waals surface area contributed by atoms with Gasteiger partial charge in [-0.15, -0.1) is 11.3 Å². The molecule has 0 radical (unpaired) electrons. The largest absolute Gasteiger partial charge is 0.299 e. The number of thiophene rings is 1. The first-order chi connectivity index (χ1) is 9.54. The summed E-state index contributed by atoms with van der Waals surface area (Å²) in [6, 6.07) is 0. The van der Waals surface area contributed by atoms with Gasteiger partial charge in [0, 0.05) is 17.8 Å². The van der Waals surface area contributed by atoms with E-state index in [4.69, 9.17) is 5.84 Å². The van der Waals surface area contributed by atoms with E-state index in [0.717, 1.165) is 27.1 Å². The first-order valence-electron chi connectivity index (χ1n) is 6.49. The van der Waals surface area contributed by atoms with Crippen LogP contribution in [-0.2, 0) is 11.3 Å². The summed E-state index contributed by atoms with van der Waals surface area (Å²) in [5.41, 5.74) is 3.10. The Bertz CT molecular complexity index is 689. The quantitative estimate of drug-likeness (QED) is 0.376. The maximum Gasteiger partial charge on any atom is 0.262 e. The fraction of sp³-hybridized carbons (Fsp3) is 0.462. The summed E-state index contributed by atoms with van der Waals surface area (Å²) < 4.78 is 1.61. The van der Waals surface area contributed by atoms with Gasteiger partial charge in [-0.25, -0.2) is 10.8 Å². The summed E-state index contributed by atoms with van der Waals surface area (Å²) in [4.78, 5) is 29.6. The summed E-state index contributed by atoms with van der Waals surface area (Å²) in [6.07, 6.45) is 3.39. The number of hydrogen-bond acceptors (Lipinski definition) is 5. The third-order valence-corrected chi connectivity index (χ3v) is 4.48. The molecule has 2 heterocycles. The summed E-state index contributed by atoms with van der Waals surface area (Å²) in [5, 5.41) is 0.717. The smallest absolute Gasteiger partial charge is 0.262 e. The molecule has 6 nitrogen and oxygen atoms in total. The molecule has 0 saturated heterocycles. The van der Waals surface area contributed by atoms with Crippen LogP contribution in [0.15, 0.2) is 11.1 Å². The Morgan fingerprint density at radius 1 is 1.45 bits per heavy atom. The van der Waals surface area contributed by atoms with Crippen LogP contribution >= 0.6 is 11.3 Å². The number of nitrogens with two attached hydrogens (primary N) is 1. The molecule has 0 aliphatic heterocycles. The molecule has 0 unspecified atom stereocenters. The molecule has 2 aromatic heterocycles. The molecule has 2 rings (SSSR count). The van der Waals surface area contributed by atoms with Gasteiger partial charge in [0.25, 0.3) is 5.56 Å². The van der Waals surface area contributed by atoms with Crippen molar-refractivity contribution in [3.05, 3.63) is 27.1 Å². The zero-order valence-electron chi connectivity index (χ0n) is 11.6. The van der Waals surface area contributed by atoms with Crippen LogP contribution in [0.3, 0.4) is 0 Å². The molecule has 7 heteroatoms. The number of hydrazine groups is 1. The number of nitrogens with one attached hydrogen (secondary N) is 1. The monoisotopic (exact) mass is 294 g/mol. The summed E-state index contributed by atoms with van der Waals surface area (Å²) >= 11 is 1.55.